The van der Waals surface area contributed by atoms with Gasteiger partial charge >= 0.3 is 0 Å². The highest BCUT2D eigenvalue weighted by Gasteiger charge is 2.24. The van der Waals surface area contributed by atoms with E-state index in [1.165, 1.54) is 22.5 Å². The van der Waals surface area contributed by atoms with Crippen molar-refractivity contribution in [3.8, 4) is 6.07 Å². The van der Waals surface area contributed by atoms with Crippen molar-refractivity contribution in [3.63, 3.8) is 0 Å². The van der Waals surface area contributed by atoms with Gasteiger partial charge in [0.15, 0.2) is 0 Å². The third-order valence-electron chi connectivity index (χ3n) is 5.03. The standard InChI is InChI=1S/C23H26FN2P/c1-3-4-9-21(15-25)26-16-19(12-11-17(26)2)22-10-6-13-27-23(22)18-7-5-8-20(24)14-18/h5-10,14,16-17,27H,3-4,11-13H2,1-2H3/b21-9-. The topological polar surface area (TPSA) is 27.0 Å². The number of benzene rings is 1. The number of rotatable bonds is 5. The number of unbranched alkanes of at least 4 members (excludes halogenated alkanes) is 1. The molecular formula is C23H26FN2P. The normalized spacial score (nSPS) is 21.4. The molecule has 2 nitrogen and oxygen atoms in total. The number of halogens is 1. The molecule has 1 aromatic carbocycles. The molecule has 3 rings (SSSR count). The number of nitriles is 1. The average Bonchev–Trinajstić information content (AvgIpc) is 2.70. The molecule has 0 aliphatic carbocycles. The van der Waals surface area contributed by atoms with Gasteiger partial charge in [0.25, 0.3) is 0 Å². The lowest BCUT2D eigenvalue weighted by molar-refractivity contribution is 0.330. The minimum atomic E-state index is -0.194. The lowest BCUT2D eigenvalue weighted by Crippen LogP contribution is -2.31. The quantitative estimate of drug-likeness (QED) is 0.439. The van der Waals surface area contributed by atoms with E-state index in [0.717, 1.165) is 43.1 Å². The molecule has 2 heterocycles. The summed E-state index contributed by atoms with van der Waals surface area (Å²) in [6.45, 7) is 4.29. The van der Waals surface area contributed by atoms with Crippen molar-refractivity contribution in [2.45, 2.75) is 45.6 Å². The highest BCUT2D eigenvalue weighted by atomic mass is 31.1. The minimum absolute atomic E-state index is 0.194. The van der Waals surface area contributed by atoms with Crippen molar-refractivity contribution in [3.05, 3.63) is 76.9 Å². The highest BCUT2D eigenvalue weighted by Crippen LogP contribution is 2.44. The van der Waals surface area contributed by atoms with Gasteiger partial charge in [0.2, 0.25) is 0 Å². The molecule has 27 heavy (non-hydrogen) atoms. The van der Waals surface area contributed by atoms with Gasteiger partial charge in [-0.05, 0) is 72.6 Å². The van der Waals surface area contributed by atoms with Crippen LogP contribution in [0.1, 0.15) is 45.1 Å². The predicted molar refractivity (Wildman–Crippen MR) is 113 cm³/mol. The van der Waals surface area contributed by atoms with Gasteiger partial charge in [0, 0.05) is 12.2 Å². The molecule has 140 valence electrons. The van der Waals surface area contributed by atoms with E-state index in [9.17, 15) is 9.65 Å². The van der Waals surface area contributed by atoms with Gasteiger partial charge in [-0.25, -0.2) is 4.39 Å². The molecule has 1 aromatic rings. The Kier molecular flexibility index (Phi) is 6.64. The van der Waals surface area contributed by atoms with Crippen LogP contribution in [0.15, 0.2) is 65.5 Å². The summed E-state index contributed by atoms with van der Waals surface area (Å²) in [5, 5.41) is 10.9. The van der Waals surface area contributed by atoms with Crippen molar-refractivity contribution >= 4 is 13.9 Å². The molecule has 0 radical (unpaired) electrons. The fourth-order valence-corrected chi connectivity index (χ4v) is 4.78. The van der Waals surface area contributed by atoms with Crippen molar-refractivity contribution < 1.29 is 4.39 Å². The van der Waals surface area contributed by atoms with Crippen LogP contribution in [0.2, 0.25) is 0 Å². The van der Waals surface area contributed by atoms with Crippen LogP contribution in [0.3, 0.4) is 0 Å². The van der Waals surface area contributed by atoms with Crippen molar-refractivity contribution in [1.29, 1.82) is 5.26 Å². The van der Waals surface area contributed by atoms with Gasteiger partial charge in [0.05, 0.1) is 0 Å². The summed E-state index contributed by atoms with van der Waals surface area (Å²) in [7, 11) is 0.640. The Bertz CT molecular complexity index is 857. The van der Waals surface area contributed by atoms with E-state index in [2.05, 4.69) is 43.2 Å². The van der Waals surface area contributed by atoms with Gasteiger partial charge in [0.1, 0.15) is 17.6 Å². The number of hydrogen-bond acceptors (Lipinski definition) is 2. The van der Waals surface area contributed by atoms with E-state index < -0.39 is 0 Å². The Balaban J connectivity index is 2.03. The summed E-state index contributed by atoms with van der Waals surface area (Å²) in [5.41, 5.74) is 4.15. The maximum Gasteiger partial charge on any atom is 0.123 e. The first-order chi connectivity index (χ1) is 13.1. The zero-order valence-corrected chi connectivity index (χ0v) is 17.0. The molecule has 2 aliphatic heterocycles. The van der Waals surface area contributed by atoms with Crippen LogP contribution < -0.4 is 0 Å². The Morgan fingerprint density at radius 1 is 1.44 bits per heavy atom. The smallest absolute Gasteiger partial charge is 0.123 e. The molecule has 0 bridgehead atoms. The zero-order valence-electron chi connectivity index (χ0n) is 16.0. The van der Waals surface area contributed by atoms with Crippen LogP contribution in [-0.2, 0) is 0 Å². The van der Waals surface area contributed by atoms with Gasteiger partial charge in [-0.1, -0.05) is 46.2 Å². The SMILES string of the molecule is CCC/C=C(/C#N)N1C=C(C2=C(c3cccc(F)c3)PCC=C2)CCC1C. The van der Waals surface area contributed by atoms with Crippen LogP contribution in [0.25, 0.3) is 5.31 Å². The molecule has 2 unspecified atom stereocenters. The molecular weight excluding hydrogens is 354 g/mol. The van der Waals surface area contributed by atoms with E-state index in [1.807, 2.05) is 12.1 Å². The van der Waals surface area contributed by atoms with Crippen molar-refractivity contribution in [2.24, 2.45) is 0 Å². The minimum Gasteiger partial charge on any atom is -0.337 e. The molecule has 0 saturated carbocycles. The zero-order chi connectivity index (χ0) is 19.2. The van der Waals surface area contributed by atoms with E-state index in [0.29, 0.717) is 14.6 Å². The van der Waals surface area contributed by atoms with E-state index in [1.54, 1.807) is 12.1 Å². The summed E-state index contributed by atoms with van der Waals surface area (Å²) in [6.07, 6.45) is 13.5. The van der Waals surface area contributed by atoms with Gasteiger partial charge in [-0.15, -0.1) is 0 Å². The first kappa shape index (κ1) is 19.6. The summed E-state index contributed by atoms with van der Waals surface area (Å²) < 4.78 is 13.8. The molecule has 2 atom stereocenters. The van der Waals surface area contributed by atoms with Gasteiger partial charge in [-0.3, -0.25) is 0 Å². The molecule has 0 saturated heterocycles. The summed E-state index contributed by atoms with van der Waals surface area (Å²) in [5.74, 6) is -0.194. The molecule has 0 amide bonds. The monoisotopic (exact) mass is 380 g/mol. The summed E-state index contributed by atoms with van der Waals surface area (Å²) in [6, 6.07) is 9.58. The lowest BCUT2D eigenvalue weighted by Gasteiger charge is -2.34. The first-order valence-electron chi connectivity index (χ1n) is 9.64. The van der Waals surface area contributed by atoms with Crippen molar-refractivity contribution in [2.75, 3.05) is 6.16 Å². The van der Waals surface area contributed by atoms with E-state index >= 15 is 0 Å². The maximum absolute atomic E-state index is 13.8. The Morgan fingerprint density at radius 3 is 3.04 bits per heavy atom. The Hall–Kier alpha value is -2.17. The fraction of sp³-hybridized carbons (Fsp3) is 0.348. The van der Waals surface area contributed by atoms with Gasteiger partial charge in [-0.2, -0.15) is 5.26 Å². The summed E-state index contributed by atoms with van der Waals surface area (Å²) >= 11 is 0. The molecule has 0 spiro atoms. The third kappa shape index (κ3) is 4.57. The van der Waals surface area contributed by atoms with E-state index in [4.69, 9.17) is 0 Å². The second kappa shape index (κ2) is 9.16. The third-order valence-corrected chi connectivity index (χ3v) is 6.38. The highest BCUT2D eigenvalue weighted by molar-refractivity contribution is 7.50. The molecule has 0 fully saturated rings. The van der Waals surface area contributed by atoms with Gasteiger partial charge < -0.3 is 4.90 Å². The first-order valence-corrected chi connectivity index (χ1v) is 10.8. The number of hydrogen-bond donors (Lipinski definition) is 0. The van der Waals surface area contributed by atoms with Crippen LogP contribution in [-0.4, -0.2) is 17.1 Å². The van der Waals surface area contributed by atoms with Crippen LogP contribution in [0, 0.1) is 17.1 Å². The number of nitrogens with zero attached hydrogens (tertiary/aromatic N) is 2. The molecule has 4 heteroatoms. The fourth-order valence-electron chi connectivity index (χ4n) is 3.55. The molecule has 0 aromatic heterocycles. The molecule has 2 aliphatic rings. The van der Waals surface area contributed by atoms with Crippen LogP contribution >= 0.6 is 8.58 Å². The largest absolute Gasteiger partial charge is 0.337 e. The van der Waals surface area contributed by atoms with Crippen LogP contribution in [0.4, 0.5) is 4.39 Å². The average molecular weight is 380 g/mol. The Morgan fingerprint density at radius 2 is 2.30 bits per heavy atom. The van der Waals surface area contributed by atoms with Crippen molar-refractivity contribution in [1.82, 2.24) is 4.90 Å². The predicted octanol–water partition coefficient (Wildman–Crippen LogP) is 6.36. The van der Waals surface area contributed by atoms with E-state index in [-0.39, 0.29) is 5.82 Å². The molecule has 0 N–H and O–H groups in total. The second-order valence-electron chi connectivity index (χ2n) is 7.02. The Labute approximate surface area is 163 Å². The second-order valence-corrected chi connectivity index (χ2v) is 8.28. The summed E-state index contributed by atoms with van der Waals surface area (Å²) in [4.78, 5) is 2.12. The van der Waals surface area contributed by atoms with Crippen LogP contribution in [0.5, 0.6) is 0 Å². The maximum atomic E-state index is 13.8. The lowest BCUT2D eigenvalue weighted by atomic mass is 9.93. The number of allylic oxidation sites excluding steroid dienone is 6.